The summed E-state index contributed by atoms with van der Waals surface area (Å²) in [5.74, 6) is -0.698. The Bertz CT molecular complexity index is 946. The van der Waals surface area contributed by atoms with Crippen molar-refractivity contribution in [2.24, 2.45) is 5.41 Å². The molecule has 2 atom stereocenters. The van der Waals surface area contributed by atoms with Crippen molar-refractivity contribution in [3.05, 3.63) is 71.8 Å². The number of carbonyl (C=O) groups is 3. The zero-order chi connectivity index (χ0) is 23.8. The summed E-state index contributed by atoms with van der Waals surface area (Å²) in [6.45, 7) is 4.12. The molecule has 1 aliphatic rings. The Morgan fingerprint density at radius 1 is 1.03 bits per heavy atom. The van der Waals surface area contributed by atoms with Crippen LogP contribution < -0.4 is 5.32 Å². The molecular weight excluding hydrogens is 420 g/mol. The zero-order valence-corrected chi connectivity index (χ0v) is 19.5. The highest BCUT2D eigenvalue weighted by atomic mass is 16.6. The van der Waals surface area contributed by atoms with Crippen LogP contribution in [0.1, 0.15) is 37.8 Å². The van der Waals surface area contributed by atoms with Gasteiger partial charge < -0.3 is 14.8 Å². The van der Waals surface area contributed by atoms with E-state index in [2.05, 4.69) is 5.32 Å². The highest BCUT2D eigenvalue weighted by molar-refractivity contribution is 5.87. The third-order valence-corrected chi connectivity index (χ3v) is 6.18. The molecule has 2 aromatic rings. The SMILES string of the molecule is COC(=O)C(C)(C)[C@@H](Cc1ccccc1)NC(=O)[C@@H]1CCCN1C(=O)OCc1ccccc1. The van der Waals surface area contributed by atoms with Crippen molar-refractivity contribution in [2.75, 3.05) is 13.7 Å². The molecule has 1 fully saturated rings. The molecule has 0 aliphatic carbocycles. The topological polar surface area (TPSA) is 84.9 Å². The Labute approximate surface area is 195 Å². The van der Waals surface area contributed by atoms with E-state index >= 15 is 0 Å². The Kier molecular flexibility index (Phi) is 8.09. The van der Waals surface area contributed by atoms with Crippen LogP contribution in [0, 0.1) is 5.41 Å². The summed E-state index contributed by atoms with van der Waals surface area (Å²) in [6.07, 6.45) is 1.20. The second-order valence-electron chi connectivity index (χ2n) is 8.86. The molecule has 0 spiro atoms. The van der Waals surface area contributed by atoms with E-state index in [-0.39, 0.29) is 12.5 Å². The lowest BCUT2D eigenvalue weighted by Crippen LogP contribution is -2.55. The fraction of sp³-hybridized carbons (Fsp3) is 0.423. The van der Waals surface area contributed by atoms with Crippen LogP contribution in [0.5, 0.6) is 0 Å². The van der Waals surface area contributed by atoms with E-state index in [0.717, 1.165) is 11.1 Å². The van der Waals surface area contributed by atoms with Crippen molar-refractivity contribution < 1.29 is 23.9 Å². The van der Waals surface area contributed by atoms with Crippen LogP contribution in [0.15, 0.2) is 60.7 Å². The maximum Gasteiger partial charge on any atom is 0.410 e. The third kappa shape index (κ3) is 6.12. The van der Waals surface area contributed by atoms with Gasteiger partial charge in [0.15, 0.2) is 0 Å². The van der Waals surface area contributed by atoms with Gasteiger partial charge in [0.05, 0.1) is 12.5 Å². The van der Waals surface area contributed by atoms with E-state index in [4.69, 9.17) is 9.47 Å². The van der Waals surface area contributed by atoms with Gasteiger partial charge in [0.2, 0.25) is 5.91 Å². The van der Waals surface area contributed by atoms with E-state index in [1.165, 1.54) is 12.0 Å². The first-order chi connectivity index (χ1) is 15.8. The van der Waals surface area contributed by atoms with Crippen LogP contribution in [0.2, 0.25) is 0 Å². The van der Waals surface area contributed by atoms with E-state index < -0.39 is 29.6 Å². The molecule has 3 rings (SSSR count). The lowest BCUT2D eigenvalue weighted by molar-refractivity contribution is -0.153. The molecule has 1 saturated heterocycles. The Hall–Kier alpha value is -3.35. The molecule has 176 valence electrons. The average Bonchev–Trinajstić information content (AvgIpc) is 3.33. The lowest BCUT2D eigenvalue weighted by Gasteiger charge is -2.34. The second-order valence-corrected chi connectivity index (χ2v) is 8.86. The van der Waals surface area contributed by atoms with Crippen LogP contribution in [0.3, 0.4) is 0 Å². The molecule has 1 heterocycles. The van der Waals surface area contributed by atoms with E-state index in [0.29, 0.717) is 25.8 Å². The quantitative estimate of drug-likeness (QED) is 0.617. The molecule has 1 N–H and O–H groups in total. The standard InChI is InChI=1S/C26H32N2O5/c1-26(2,24(30)32-3)22(17-19-11-6-4-7-12-19)27-23(29)21-15-10-16-28(21)25(31)33-18-20-13-8-5-9-14-20/h4-9,11-14,21-22H,10,15-18H2,1-3H3,(H,27,29)/t21-,22+/m0/s1. The normalized spacial score (nSPS) is 16.7. The molecule has 1 aliphatic heterocycles. The molecular formula is C26H32N2O5. The number of ether oxygens (including phenoxy) is 2. The first kappa shape index (κ1) is 24.3. The number of nitrogens with zero attached hydrogens (tertiary/aromatic N) is 1. The Morgan fingerprint density at radius 2 is 1.64 bits per heavy atom. The molecule has 7 heteroatoms. The summed E-state index contributed by atoms with van der Waals surface area (Å²) in [7, 11) is 1.34. The monoisotopic (exact) mass is 452 g/mol. The van der Waals surface area contributed by atoms with Crippen molar-refractivity contribution in [1.29, 1.82) is 0 Å². The van der Waals surface area contributed by atoms with Crippen LogP contribution in [0.4, 0.5) is 4.79 Å². The number of hydrogen-bond donors (Lipinski definition) is 1. The van der Waals surface area contributed by atoms with Crippen LogP contribution in [0.25, 0.3) is 0 Å². The summed E-state index contributed by atoms with van der Waals surface area (Å²) in [6, 6.07) is 17.9. The number of amides is 2. The summed E-state index contributed by atoms with van der Waals surface area (Å²) >= 11 is 0. The third-order valence-electron chi connectivity index (χ3n) is 6.18. The van der Waals surface area contributed by atoms with E-state index in [1.807, 2.05) is 60.7 Å². The Morgan fingerprint density at radius 3 is 2.24 bits per heavy atom. The van der Waals surface area contributed by atoms with Crippen molar-refractivity contribution in [3.63, 3.8) is 0 Å². The number of methoxy groups -OCH3 is 1. The molecule has 0 unspecified atom stereocenters. The first-order valence-electron chi connectivity index (χ1n) is 11.2. The molecule has 7 nitrogen and oxygen atoms in total. The fourth-order valence-electron chi connectivity index (χ4n) is 4.07. The smallest absolute Gasteiger partial charge is 0.410 e. The molecule has 2 aromatic carbocycles. The van der Waals surface area contributed by atoms with Crippen LogP contribution in [-0.4, -0.2) is 48.6 Å². The Balaban J connectivity index is 1.70. The van der Waals surface area contributed by atoms with Gasteiger partial charge in [-0.15, -0.1) is 0 Å². The number of carbonyl (C=O) groups excluding carboxylic acids is 3. The second kappa shape index (κ2) is 11.0. The van der Waals surface area contributed by atoms with Gasteiger partial charge >= 0.3 is 12.1 Å². The fourth-order valence-corrected chi connectivity index (χ4v) is 4.07. The van der Waals surface area contributed by atoms with E-state index in [1.54, 1.807) is 13.8 Å². The van der Waals surface area contributed by atoms with Crippen LogP contribution in [-0.2, 0) is 32.1 Å². The van der Waals surface area contributed by atoms with Gasteiger partial charge in [-0.1, -0.05) is 60.7 Å². The van der Waals surface area contributed by atoms with Crippen molar-refractivity contribution in [3.8, 4) is 0 Å². The molecule has 0 aromatic heterocycles. The van der Waals surface area contributed by atoms with Gasteiger partial charge in [-0.25, -0.2) is 4.79 Å². The molecule has 0 saturated carbocycles. The van der Waals surface area contributed by atoms with Gasteiger partial charge in [-0.05, 0) is 44.2 Å². The lowest BCUT2D eigenvalue weighted by atomic mass is 9.80. The highest BCUT2D eigenvalue weighted by Crippen LogP contribution is 2.27. The largest absolute Gasteiger partial charge is 0.469 e. The molecule has 0 bridgehead atoms. The van der Waals surface area contributed by atoms with Gasteiger partial charge in [-0.3, -0.25) is 14.5 Å². The number of rotatable bonds is 8. The van der Waals surface area contributed by atoms with Crippen molar-refractivity contribution >= 4 is 18.0 Å². The van der Waals surface area contributed by atoms with Gasteiger partial charge in [0, 0.05) is 12.6 Å². The molecule has 2 amide bonds. The summed E-state index contributed by atoms with van der Waals surface area (Å²) in [4.78, 5) is 40.0. The van der Waals surface area contributed by atoms with Gasteiger partial charge in [-0.2, -0.15) is 0 Å². The molecule has 0 radical (unpaired) electrons. The number of benzene rings is 2. The average molecular weight is 453 g/mol. The number of nitrogens with one attached hydrogen (secondary N) is 1. The summed E-state index contributed by atoms with van der Waals surface area (Å²) in [5, 5.41) is 3.03. The maximum atomic E-state index is 13.3. The molecule has 33 heavy (non-hydrogen) atoms. The zero-order valence-electron chi connectivity index (χ0n) is 19.5. The highest BCUT2D eigenvalue weighted by Gasteiger charge is 2.42. The number of hydrogen-bond acceptors (Lipinski definition) is 5. The van der Waals surface area contributed by atoms with Crippen LogP contribution >= 0.6 is 0 Å². The van der Waals surface area contributed by atoms with Gasteiger partial charge in [0.1, 0.15) is 12.6 Å². The maximum absolute atomic E-state index is 13.3. The summed E-state index contributed by atoms with van der Waals surface area (Å²) in [5.41, 5.74) is 0.913. The number of esters is 1. The van der Waals surface area contributed by atoms with Gasteiger partial charge in [0.25, 0.3) is 0 Å². The van der Waals surface area contributed by atoms with Crippen molar-refractivity contribution in [1.82, 2.24) is 10.2 Å². The summed E-state index contributed by atoms with van der Waals surface area (Å²) < 4.78 is 10.4. The minimum Gasteiger partial charge on any atom is -0.469 e. The van der Waals surface area contributed by atoms with E-state index in [9.17, 15) is 14.4 Å². The first-order valence-corrected chi connectivity index (χ1v) is 11.2. The number of likely N-dealkylation sites (tertiary alicyclic amines) is 1. The van der Waals surface area contributed by atoms with Crippen molar-refractivity contribution in [2.45, 2.75) is 51.8 Å². The minimum atomic E-state index is -0.961. The minimum absolute atomic E-state index is 0.149. The predicted molar refractivity (Wildman–Crippen MR) is 124 cm³/mol. The predicted octanol–water partition coefficient (Wildman–Crippen LogP) is 3.71.